The number of morpholine rings is 1. The molecule has 1 saturated carbocycles. The van der Waals surface area contributed by atoms with Crippen LogP contribution in [0.25, 0.3) is 0 Å². The molecule has 0 atom stereocenters. The summed E-state index contributed by atoms with van der Waals surface area (Å²) in [6, 6.07) is 12.1. The van der Waals surface area contributed by atoms with Crippen molar-refractivity contribution in [3.05, 3.63) is 65.4 Å². The number of nitrogens with zero attached hydrogens (tertiary/aromatic N) is 4. The van der Waals surface area contributed by atoms with E-state index in [1.165, 1.54) is 17.3 Å². The fourth-order valence-corrected chi connectivity index (χ4v) is 4.79. The molecule has 2 aliphatic rings. The molecule has 1 aliphatic heterocycles. The standard InChI is InChI=1S/C24H29N5O3S/c30-22(25-14-19-4-1-2-5-20(19)15-28-9-12-31-13-10-28)17-33-24-27-26-23(18-7-8-18)29(24)16-21-6-3-11-32-21/h1-6,11,18H,7-10,12-17H2,(H,25,30). The van der Waals surface area contributed by atoms with Gasteiger partial charge in [-0.15, -0.1) is 10.2 Å². The highest BCUT2D eigenvalue weighted by molar-refractivity contribution is 7.99. The fourth-order valence-electron chi connectivity index (χ4n) is 4.02. The van der Waals surface area contributed by atoms with Gasteiger partial charge in [0.2, 0.25) is 5.91 Å². The molecule has 0 unspecified atom stereocenters. The summed E-state index contributed by atoms with van der Waals surface area (Å²) >= 11 is 1.42. The normalized spacial score (nSPS) is 16.7. The third kappa shape index (κ3) is 5.85. The zero-order valence-electron chi connectivity index (χ0n) is 18.6. The van der Waals surface area contributed by atoms with Crippen LogP contribution < -0.4 is 5.32 Å². The predicted molar refractivity (Wildman–Crippen MR) is 125 cm³/mol. The summed E-state index contributed by atoms with van der Waals surface area (Å²) in [6.45, 7) is 5.44. The van der Waals surface area contributed by atoms with Crippen LogP contribution in [0.3, 0.4) is 0 Å². The van der Waals surface area contributed by atoms with Crippen molar-refractivity contribution in [2.75, 3.05) is 32.1 Å². The molecule has 1 aliphatic carbocycles. The Morgan fingerprint density at radius 1 is 1.06 bits per heavy atom. The molecule has 8 nitrogen and oxygen atoms in total. The SMILES string of the molecule is O=C(CSc1nnc(C2CC2)n1Cc1ccco1)NCc1ccccc1CN1CCOCC1. The number of carbonyl (C=O) groups excluding carboxylic acids is 1. The Morgan fingerprint density at radius 2 is 1.88 bits per heavy atom. The average Bonchev–Trinajstić information content (AvgIpc) is 3.40. The first-order valence-corrected chi connectivity index (χ1v) is 12.5. The van der Waals surface area contributed by atoms with Gasteiger partial charge in [0.25, 0.3) is 0 Å². The van der Waals surface area contributed by atoms with Gasteiger partial charge in [-0.2, -0.15) is 0 Å². The van der Waals surface area contributed by atoms with Crippen LogP contribution in [0.1, 0.15) is 41.5 Å². The lowest BCUT2D eigenvalue weighted by atomic mass is 10.1. The largest absolute Gasteiger partial charge is 0.467 e. The van der Waals surface area contributed by atoms with Crippen molar-refractivity contribution in [2.45, 2.75) is 43.6 Å². The Kier molecular flexibility index (Phi) is 7.09. The summed E-state index contributed by atoms with van der Waals surface area (Å²) in [5.41, 5.74) is 2.40. The van der Waals surface area contributed by atoms with Crippen molar-refractivity contribution in [1.29, 1.82) is 0 Å². The van der Waals surface area contributed by atoms with Gasteiger partial charge in [0.15, 0.2) is 5.16 Å². The maximum Gasteiger partial charge on any atom is 0.230 e. The second-order valence-corrected chi connectivity index (χ2v) is 9.45. The first kappa shape index (κ1) is 22.2. The molecule has 2 aromatic heterocycles. The van der Waals surface area contributed by atoms with E-state index in [4.69, 9.17) is 9.15 Å². The molecule has 0 radical (unpaired) electrons. The number of rotatable bonds is 10. The van der Waals surface area contributed by atoms with Gasteiger partial charge in [-0.3, -0.25) is 14.3 Å². The number of carbonyl (C=O) groups is 1. The van der Waals surface area contributed by atoms with Crippen LogP contribution in [0.5, 0.6) is 0 Å². The Balaban J connectivity index is 1.17. The smallest absolute Gasteiger partial charge is 0.230 e. The van der Waals surface area contributed by atoms with Crippen LogP contribution >= 0.6 is 11.8 Å². The molecule has 174 valence electrons. The molecule has 2 fully saturated rings. The van der Waals surface area contributed by atoms with Crippen molar-refractivity contribution in [3.63, 3.8) is 0 Å². The molecular weight excluding hydrogens is 438 g/mol. The zero-order chi connectivity index (χ0) is 22.5. The topological polar surface area (TPSA) is 85.4 Å². The second-order valence-electron chi connectivity index (χ2n) is 8.50. The van der Waals surface area contributed by atoms with E-state index in [9.17, 15) is 4.79 Å². The minimum Gasteiger partial charge on any atom is -0.467 e. The average molecular weight is 468 g/mol. The molecule has 33 heavy (non-hydrogen) atoms. The summed E-state index contributed by atoms with van der Waals surface area (Å²) in [4.78, 5) is 15.0. The van der Waals surface area contributed by atoms with Crippen LogP contribution in [0, 0.1) is 0 Å². The fraction of sp³-hybridized carbons (Fsp3) is 0.458. The predicted octanol–water partition coefficient (Wildman–Crippen LogP) is 3.04. The quantitative estimate of drug-likeness (QED) is 0.459. The lowest BCUT2D eigenvalue weighted by molar-refractivity contribution is -0.118. The minimum absolute atomic E-state index is 0.0123. The highest BCUT2D eigenvalue weighted by atomic mass is 32.2. The van der Waals surface area contributed by atoms with Crippen LogP contribution in [-0.4, -0.2) is 57.6 Å². The highest BCUT2D eigenvalue weighted by Crippen LogP contribution is 2.40. The summed E-state index contributed by atoms with van der Waals surface area (Å²) in [5.74, 6) is 2.61. The molecule has 5 rings (SSSR count). The summed E-state index contributed by atoms with van der Waals surface area (Å²) in [6.07, 6.45) is 3.96. The van der Waals surface area contributed by atoms with E-state index >= 15 is 0 Å². The second kappa shape index (κ2) is 10.5. The number of ether oxygens (including phenoxy) is 1. The lowest BCUT2D eigenvalue weighted by Crippen LogP contribution is -2.36. The molecule has 3 aromatic rings. The van der Waals surface area contributed by atoms with Crippen molar-refractivity contribution in [2.24, 2.45) is 0 Å². The lowest BCUT2D eigenvalue weighted by Gasteiger charge is -2.27. The first-order valence-electron chi connectivity index (χ1n) is 11.5. The maximum atomic E-state index is 12.6. The third-order valence-corrected chi connectivity index (χ3v) is 6.97. The van der Waals surface area contributed by atoms with E-state index in [1.54, 1.807) is 6.26 Å². The van der Waals surface area contributed by atoms with Crippen molar-refractivity contribution < 1.29 is 13.9 Å². The van der Waals surface area contributed by atoms with Crippen LogP contribution in [-0.2, 0) is 29.2 Å². The molecule has 0 bridgehead atoms. The van der Waals surface area contributed by atoms with Crippen LogP contribution in [0.2, 0.25) is 0 Å². The number of amides is 1. The summed E-state index contributed by atoms with van der Waals surface area (Å²) in [5, 5.41) is 12.6. The molecule has 1 aromatic carbocycles. The van der Waals surface area contributed by atoms with E-state index in [0.29, 0.717) is 24.8 Å². The zero-order valence-corrected chi connectivity index (χ0v) is 19.4. The number of nitrogens with one attached hydrogen (secondary N) is 1. The van der Waals surface area contributed by atoms with E-state index in [1.807, 2.05) is 18.2 Å². The number of hydrogen-bond donors (Lipinski definition) is 1. The molecule has 1 saturated heterocycles. The van der Waals surface area contributed by atoms with Crippen molar-refractivity contribution in [3.8, 4) is 0 Å². The minimum atomic E-state index is -0.0123. The summed E-state index contributed by atoms with van der Waals surface area (Å²) in [7, 11) is 0. The Bertz CT molecular complexity index is 1060. The van der Waals surface area contributed by atoms with E-state index in [-0.39, 0.29) is 5.91 Å². The summed E-state index contributed by atoms with van der Waals surface area (Å²) < 4.78 is 13.1. The van der Waals surface area contributed by atoms with Gasteiger partial charge < -0.3 is 14.5 Å². The van der Waals surface area contributed by atoms with Gasteiger partial charge in [0.05, 0.1) is 31.8 Å². The van der Waals surface area contributed by atoms with Crippen LogP contribution in [0.15, 0.2) is 52.2 Å². The molecule has 0 spiro atoms. The monoisotopic (exact) mass is 467 g/mol. The number of thioether (sulfide) groups is 1. The molecule has 1 amide bonds. The van der Waals surface area contributed by atoms with Gasteiger partial charge in [0, 0.05) is 32.1 Å². The Labute approximate surface area is 197 Å². The highest BCUT2D eigenvalue weighted by Gasteiger charge is 2.30. The van der Waals surface area contributed by atoms with Crippen LogP contribution in [0.4, 0.5) is 0 Å². The molecule has 1 N–H and O–H groups in total. The molecular formula is C24H29N5O3S. The van der Waals surface area contributed by atoms with Gasteiger partial charge >= 0.3 is 0 Å². The van der Waals surface area contributed by atoms with E-state index < -0.39 is 0 Å². The van der Waals surface area contributed by atoms with E-state index in [2.05, 4.69) is 43.2 Å². The number of furan rings is 1. The van der Waals surface area contributed by atoms with Gasteiger partial charge in [-0.25, -0.2) is 0 Å². The van der Waals surface area contributed by atoms with Crippen molar-refractivity contribution in [1.82, 2.24) is 25.0 Å². The van der Waals surface area contributed by atoms with Gasteiger partial charge in [-0.05, 0) is 36.1 Å². The number of aromatic nitrogens is 3. The maximum absolute atomic E-state index is 12.6. The Hall–Kier alpha value is -2.62. The molecule has 3 heterocycles. The number of benzene rings is 1. The molecule has 9 heteroatoms. The first-order chi connectivity index (χ1) is 16.3. The Morgan fingerprint density at radius 3 is 2.64 bits per heavy atom. The van der Waals surface area contributed by atoms with E-state index in [0.717, 1.165) is 68.0 Å². The van der Waals surface area contributed by atoms with Gasteiger partial charge in [-0.1, -0.05) is 36.0 Å². The van der Waals surface area contributed by atoms with Gasteiger partial charge in [0.1, 0.15) is 11.6 Å². The third-order valence-electron chi connectivity index (χ3n) is 6.01. The number of hydrogen-bond acceptors (Lipinski definition) is 7. The van der Waals surface area contributed by atoms with Crippen molar-refractivity contribution >= 4 is 17.7 Å².